The summed E-state index contributed by atoms with van der Waals surface area (Å²) in [7, 11) is 0. The van der Waals surface area contributed by atoms with Crippen LogP contribution in [0.5, 0.6) is 5.88 Å². The van der Waals surface area contributed by atoms with Gasteiger partial charge in [0.1, 0.15) is 0 Å². The molecule has 0 fully saturated rings. The van der Waals surface area contributed by atoms with E-state index in [9.17, 15) is 0 Å². The van der Waals surface area contributed by atoms with Crippen LogP contribution in [0.1, 0.15) is 40.2 Å². The number of nitrogens with one attached hydrogen (secondary N) is 2. The fourth-order valence-electron chi connectivity index (χ4n) is 1.63. The third-order valence-electron chi connectivity index (χ3n) is 2.60. The molecular weight excluding hydrogens is 264 g/mol. The van der Waals surface area contributed by atoms with Crippen LogP contribution in [0.2, 0.25) is 0 Å². The average Bonchev–Trinajstić information content (AvgIpc) is 2.43. The van der Waals surface area contributed by atoms with Crippen LogP contribution in [-0.2, 0) is 6.54 Å². The van der Waals surface area contributed by atoms with Crippen LogP contribution in [0.4, 0.5) is 0 Å². The second-order valence-electron chi connectivity index (χ2n) is 5.64. The van der Waals surface area contributed by atoms with Crippen LogP contribution in [-0.4, -0.2) is 30.1 Å². The maximum Gasteiger partial charge on any atom is 0.213 e. The molecule has 0 radical (unpaired) electrons. The SMILES string of the molecule is CCNC(=NCc1ccc(OC(C)C)nc1)NCC(C)C. The summed E-state index contributed by atoms with van der Waals surface area (Å²) in [5.41, 5.74) is 1.06. The Morgan fingerprint density at radius 2 is 2.00 bits per heavy atom. The van der Waals surface area contributed by atoms with Gasteiger partial charge in [0.15, 0.2) is 5.96 Å². The van der Waals surface area contributed by atoms with E-state index in [2.05, 4.69) is 41.4 Å². The second-order valence-corrected chi connectivity index (χ2v) is 5.64. The maximum absolute atomic E-state index is 5.53. The smallest absolute Gasteiger partial charge is 0.213 e. The van der Waals surface area contributed by atoms with E-state index in [1.807, 2.05) is 32.2 Å². The lowest BCUT2D eigenvalue weighted by molar-refractivity contribution is 0.232. The maximum atomic E-state index is 5.53. The predicted molar refractivity (Wildman–Crippen MR) is 87.7 cm³/mol. The Morgan fingerprint density at radius 1 is 1.24 bits per heavy atom. The number of rotatable bonds is 7. The largest absolute Gasteiger partial charge is 0.475 e. The fourth-order valence-corrected chi connectivity index (χ4v) is 1.63. The van der Waals surface area contributed by atoms with Gasteiger partial charge in [0.25, 0.3) is 0 Å². The normalized spacial score (nSPS) is 11.9. The van der Waals surface area contributed by atoms with Crippen LogP contribution < -0.4 is 15.4 Å². The van der Waals surface area contributed by atoms with E-state index in [1.165, 1.54) is 0 Å². The highest BCUT2D eigenvalue weighted by Crippen LogP contribution is 2.10. The Bertz CT molecular complexity index is 426. The molecule has 0 aromatic carbocycles. The van der Waals surface area contributed by atoms with E-state index < -0.39 is 0 Å². The summed E-state index contributed by atoms with van der Waals surface area (Å²) in [6, 6.07) is 3.89. The first-order valence-corrected chi connectivity index (χ1v) is 7.65. The number of guanidine groups is 1. The van der Waals surface area contributed by atoms with Crippen molar-refractivity contribution in [1.29, 1.82) is 0 Å². The minimum atomic E-state index is 0.141. The molecule has 2 N–H and O–H groups in total. The van der Waals surface area contributed by atoms with Crippen LogP contribution in [0.25, 0.3) is 0 Å². The van der Waals surface area contributed by atoms with Gasteiger partial charge in [0.05, 0.1) is 12.6 Å². The molecular formula is C16H28N4O. The van der Waals surface area contributed by atoms with Gasteiger partial charge in [0, 0.05) is 25.4 Å². The topological polar surface area (TPSA) is 58.5 Å². The zero-order valence-corrected chi connectivity index (χ0v) is 13.8. The van der Waals surface area contributed by atoms with Crippen molar-refractivity contribution in [3.8, 4) is 5.88 Å². The van der Waals surface area contributed by atoms with Crippen LogP contribution in [0.15, 0.2) is 23.3 Å². The van der Waals surface area contributed by atoms with E-state index in [-0.39, 0.29) is 6.10 Å². The molecule has 118 valence electrons. The second kappa shape index (κ2) is 9.21. The van der Waals surface area contributed by atoms with E-state index in [0.717, 1.165) is 24.6 Å². The van der Waals surface area contributed by atoms with Crippen molar-refractivity contribution in [2.24, 2.45) is 10.9 Å². The molecule has 0 unspecified atom stereocenters. The summed E-state index contributed by atoms with van der Waals surface area (Å²) >= 11 is 0. The van der Waals surface area contributed by atoms with Gasteiger partial charge in [-0.1, -0.05) is 19.9 Å². The Labute approximate surface area is 128 Å². The van der Waals surface area contributed by atoms with Gasteiger partial charge in [-0.25, -0.2) is 9.98 Å². The zero-order chi connectivity index (χ0) is 15.7. The van der Waals surface area contributed by atoms with Crippen molar-refractivity contribution >= 4 is 5.96 Å². The van der Waals surface area contributed by atoms with Gasteiger partial charge >= 0.3 is 0 Å². The highest BCUT2D eigenvalue weighted by atomic mass is 16.5. The van der Waals surface area contributed by atoms with Crippen molar-refractivity contribution in [1.82, 2.24) is 15.6 Å². The number of aliphatic imine (C=N–C) groups is 1. The summed E-state index contributed by atoms with van der Waals surface area (Å²) in [4.78, 5) is 8.84. The summed E-state index contributed by atoms with van der Waals surface area (Å²) in [5, 5.41) is 6.56. The van der Waals surface area contributed by atoms with E-state index in [4.69, 9.17) is 4.74 Å². The molecule has 5 nitrogen and oxygen atoms in total. The van der Waals surface area contributed by atoms with Crippen molar-refractivity contribution in [3.05, 3.63) is 23.9 Å². The van der Waals surface area contributed by atoms with Crippen LogP contribution in [0, 0.1) is 5.92 Å². The van der Waals surface area contributed by atoms with Gasteiger partial charge in [-0.05, 0) is 32.3 Å². The molecule has 0 spiro atoms. The Balaban J connectivity index is 2.58. The first-order valence-electron chi connectivity index (χ1n) is 7.65. The van der Waals surface area contributed by atoms with Gasteiger partial charge < -0.3 is 15.4 Å². The molecule has 1 heterocycles. The summed E-state index contributed by atoms with van der Waals surface area (Å²) in [6.07, 6.45) is 1.95. The Hall–Kier alpha value is -1.78. The summed E-state index contributed by atoms with van der Waals surface area (Å²) in [5.74, 6) is 2.08. The number of aromatic nitrogens is 1. The van der Waals surface area contributed by atoms with Gasteiger partial charge in [-0.2, -0.15) is 0 Å². The number of hydrogen-bond acceptors (Lipinski definition) is 3. The van der Waals surface area contributed by atoms with Gasteiger partial charge in [-0.3, -0.25) is 0 Å². The molecule has 0 saturated carbocycles. The summed E-state index contributed by atoms with van der Waals surface area (Å²) in [6.45, 7) is 12.7. The Morgan fingerprint density at radius 3 is 2.52 bits per heavy atom. The lowest BCUT2D eigenvalue weighted by atomic mass is 10.2. The molecule has 0 amide bonds. The quantitative estimate of drug-likeness (QED) is 0.599. The molecule has 0 aliphatic carbocycles. The van der Waals surface area contributed by atoms with Gasteiger partial charge in [-0.15, -0.1) is 0 Å². The number of pyridine rings is 1. The minimum Gasteiger partial charge on any atom is -0.475 e. The van der Waals surface area contributed by atoms with E-state index in [1.54, 1.807) is 0 Å². The standard InChI is InChI=1S/C16H28N4O/c1-6-17-16(19-9-12(2)3)20-11-14-7-8-15(18-10-14)21-13(4)5/h7-8,10,12-13H,6,9,11H2,1-5H3,(H2,17,19,20). The molecule has 5 heteroatoms. The summed E-state index contributed by atoms with van der Waals surface area (Å²) < 4.78 is 5.53. The van der Waals surface area contributed by atoms with Crippen molar-refractivity contribution < 1.29 is 4.74 Å². The average molecular weight is 292 g/mol. The van der Waals surface area contributed by atoms with Crippen molar-refractivity contribution in [3.63, 3.8) is 0 Å². The molecule has 0 atom stereocenters. The lowest BCUT2D eigenvalue weighted by Gasteiger charge is -2.13. The highest BCUT2D eigenvalue weighted by molar-refractivity contribution is 5.79. The molecule has 0 aliphatic rings. The first kappa shape index (κ1) is 17.3. The highest BCUT2D eigenvalue weighted by Gasteiger charge is 2.01. The van der Waals surface area contributed by atoms with Crippen LogP contribution in [0.3, 0.4) is 0 Å². The van der Waals surface area contributed by atoms with E-state index >= 15 is 0 Å². The molecule has 1 aromatic heterocycles. The molecule has 21 heavy (non-hydrogen) atoms. The third kappa shape index (κ3) is 7.54. The molecule has 0 bridgehead atoms. The molecule has 1 rings (SSSR count). The zero-order valence-electron chi connectivity index (χ0n) is 13.8. The molecule has 0 saturated heterocycles. The number of hydrogen-bond donors (Lipinski definition) is 2. The Kier molecular flexibility index (Phi) is 7.58. The number of nitrogens with zero attached hydrogens (tertiary/aromatic N) is 2. The van der Waals surface area contributed by atoms with Crippen molar-refractivity contribution in [2.75, 3.05) is 13.1 Å². The lowest BCUT2D eigenvalue weighted by Crippen LogP contribution is -2.39. The fraction of sp³-hybridized carbons (Fsp3) is 0.625. The first-order chi connectivity index (χ1) is 10.0. The minimum absolute atomic E-state index is 0.141. The molecule has 1 aromatic rings. The van der Waals surface area contributed by atoms with Crippen LogP contribution >= 0.6 is 0 Å². The monoisotopic (exact) mass is 292 g/mol. The third-order valence-corrected chi connectivity index (χ3v) is 2.60. The predicted octanol–water partition coefficient (Wildman–Crippen LogP) is 2.58. The molecule has 0 aliphatic heterocycles. The number of ether oxygens (including phenoxy) is 1. The van der Waals surface area contributed by atoms with E-state index in [0.29, 0.717) is 18.3 Å². The van der Waals surface area contributed by atoms with Gasteiger partial charge in [0.2, 0.25) is 5.88 Å². The van der Waals surface area contributed by atoms with Crippen molar-refractivity contribution in [2.45, 2.75) is 47.3 Å².